The van der Waals surface area contributed by atoms with E-state index < -0.39 is 0 Å². The van der Waals surface area contributed by atoms with Gasteiger partial charge in [0.15, 0.2) is 0 Å². The Morgan fingerprint density at radius 3 is 2.81 bits per heavy atom. The highest BCUT2D eigenvalue weighted by molar-refractivity contribution is 7.71. The van der Waals surface area contributed by atoms with Gasteiger partial charge in [0.05, 0.1) is 0 Å². The van der Waals surface area contributed by atoms with Crippen LogP contribution in [0.4, 0.5) is 4.39 Å². The van der Waals surface area contributed by atoms with Crippen LogP contribution in [0.3, 0.4) is 0 Å². The Hall–Kier alpha value is -1.26. The summed E-state index contributed by atoms with van der Waals surface area (Å²) in [6, 6.07) is 6.39. The summed E-state index contributed by atoms with van der Waals surface area (Å²) < 4.78 is 14.0. The molecule has 16 heavy (non-hydrogen) atoms. The van der Waals surface area contributed by atoms with Crippen LogP contribution in [0, 0.1) is 17.4 Å². The highest BCUT2D eigenvalue weighted by Crippen LogP contribution is 2.25. The third-order valence-corrected chi connectivity index (χ3v) is 2.69. The van der Waals surface area contributed by atoms with Gasteiger partial charge in [-0.05, 0) is 25.1 Å². The van der Waals surface area contributed by atoms with Crippen molar-refractivity contribution < 1.29 is 4.39 Å². The maximum absolute atomic E-state index is 13.6. The molecular weight excluding hydrogens is 247 g/mol. The van der Waals surface area contributed by atoms with Crippen molar-refractivity contribution in [3.8, 4) is 11.1 Å². The normalized spacial score (nSPS) is 10.4. The fourth-order valence-corrected chi connectivity index (χ4v) is 1.79. The van der Waals surface area contributed by atoms with Crippen LogP contribution >= 0.6 is 23.8 Å². The van der Waals surface area contributed by atoms with E-state index in [-0.39, 0.29) is 11.0 Å². The largest absolute Gasteiger partial charge is 0.266 e. The van der Waals surface area contributed by atoms with Gasteiger partial charge < -0.3 is 0 Å². The first-order valence-corrected chi connectivity index (χ1v) is 5.38. The van der Waals surface area contributed by atoms with Crippen LogP contribution in [0.5, 0.6) is 0 Å². The molecule has 5 heteroatoms. The molecule has 0 spiro atoms. The predicted molar refractivity (Wildman–Crippen MR) is 64.6 cm³/mol. The molecule has 82 valence electrons. The van der Waals surface area contributed by atoms with Crippen LogP contribution in [-0.2, 0) is 0 Å². The zero-order chi connectivity index (χ0) is 11.7. The number of aryl methyl sites for hydroxylation is 1. The smallest absolute Gasteiger partial charge is 0.150 e. The van der Waals surface area contributed by atoms with Crippen LogP contribution < -0.4 is 0 Å². The molecule has 0 saturated heterocycles. The van der Waals surface area contributed by atoms with E-state index in [1.165, 1.54) is 6.07 Å². The molecule has 2 aromatic rings. The SMILES string of the molecule is Cc1ccc(F)c(-c2cc(Cl)n[nH]c2=S)c1. The minimum atomic E-state index is -0.327. The van der Waals surface area contributed by atoms with E-state index in [2.05, 4.69) is 10.2 Å². The zero-order valence-electron chi connectivity index (χ0n) is 8.42. The fourth-order valence-electron chi connectivity index (χ4n) is 1.43. The van der Waals surface area contributed by atoms with E-state index in [1.807, 2.05) is 6.92 Å². The molecule has 0 aliphatic heterocycles. The lowest BCUT2D eigenvalue weighted by Gasteiger charge is -2.05. The van der Waals surface area contributed by atoms with Crippen molar-refractivity contribution in [2.24, 2.45) is 0 Å². The van der Waals surface area contributed by atoms with Crippen LogP contribution in [0.15, 0.2) is 24.3 Å². The average Bonchev–Trinajstić information content (AvgIpc) is 2.25. The van der Waals surface area contributed by atoms with Gasteiger partial charge in [-0.1, -0.05) is 35.4 Å². The van der Waals surface area contributed by atoms with Gasteiger partial charge in [-0.2, -0.15) is 5.10 Å². The summed E-state index contributed by atoms with van der Waals surface area (Å²) in [4.78, 5) is 0. The lowest BCUT2D eigenvalue weighted by molar-refractivity contribution is 0.630. The maximum atomic E-state index is 13.6. The van der Waals surface area contributed by atoms with Crippen LogP contribution in [-0.4, -0.2) is 10.2 Å². The molecule has 2 rings (SSSR count). The number of nitrogens with one attached hydrogen (secondary N) is 1. The van der Waals surface area contributed by atoms with Gasteiger partial charge in [-0.25, -0.2) is 4.39 Å². The molecule has 0 aliphatic carbocycles. The number of aromatic nitrogens is 2. The van der Waals surface area contributed by atoms with Crippen molar-refractivity contribution in [3.05, 3.63) is 45.4 Å². The lowest BCUT2D eigenvalue weighted by Crippen LogP contribution is -1.91. The molecule has 0 aliphatic rings. The van der Waals surface area contributed by atoms with Crippen LogP contribution in [0.1, 0.15) is 5.56 Å². The predicted octanol–water partition coefficient (Wildman–Crippen LogP) is 3.91. The molecule has 1 aromatic heterocycles. The van der Waals surface area contributed by atoms with Gasteiger partial charge in [-0.3, -0.25) is 5.10 Å². The van der Waals surface area contributed by atoms with Crippen molar-refractivity contribution in [1.29, 1.82) is 0 Å². The van der Waals surface area contributed by atoms with Gasteiger partial charge in [-0.15, -0.1) is 0 Å². The average molecular weight is 255 g/mol. The van der Waals surface area contributed by atoms with E-state index >= 15 is 0 Å². The first-order valence-electron chi connectivity index (χ1n) is 4.59. The minimum Gasteiger partial charge on any atom is -0.266 e. The molecule has 0 fully saturated rings. The monoisotopic (exact) mass is 254 g/mol. The second-order valence-electron chi connectivity index (χ2n) is 3.42. The fraction of sp³-hybridized carbons (Fsp3) is 0.0909. The number of halogens is 2. The van der Waals surface area contributed by atoms with Gasteiger partial charge in [0.2, 0.25) is 0 Å². The number of hydrogen-bond donors (Lipinski definition) is 1. The van der Waals surface area contributed by atoms with E-state index in [4.69, 9.17) is 23.8 Å². The molecule has 0 amide bonds. The molecule has 0 atom stereocenters. The van der Waals surface area contributed by atoms with Gasteiger partial charge in [0.25, 0.3) is 0 Å². The number of nitrogens with zero attached hydrogens (tertiary/aromatic N) is 1. The molecular formula is C11H8ClFN2S. The summed E-state index contributed by atoms with van der Waals surface area (Å²) in [5.41, 5.74) is 1.94. The second kappa shape index (κ2) is 4.31. The number of rotatable bonds is 1. The number of aromatic amines is 1. The number of hydrogen-bond acceptors (Lipinski definition) is 2. The summed E-state index contributed by atoms with van der Waals surface area (Å²) in [5, 5.41) is 6.56. The van der Waals surface area contributed by atoms with Gasteiger partial charge >= 0.3 is 0 Å². The van der Waals surface area contributed by atoms with E-state index in [1.54, 1.807) is 18.2 Å². The Kier molecular flexibility index (Phi) is 3.03. The third kappa shape index (κ3) is 2.13. The van der Waals surface area contributed by atoms with Crippen molar-refractivity contribution in [1.82, 2.24) is 10.2 Å². The van der Waals surface area contributed by atoms with E-state index in [0.29, 0.717) is 15.8 Å². The van der Waals surface area contributed by atoms with Crippen molar-refractivity contribution in [3.63, 3.8) is 0 Å². The quantitative estimate of drug-likeness (QED) is 0.782. The standard InChI is InChI=1S/C11H8ClFN2S/c1-6-2-3-9(13)7(4-6)8-5-10(12)14-15-11(8)16/h2-5H,1H3,(H,15,16). The van der Waals surface area contributed by atoms with Crippen molar-refractivity contribution in [2.45, 2.75) is 6.92 Å². The Morgan fingerprint density at radius 1 is 1.31 bits per heavy atom. The molecule has 0 radical (unpaired) electrons. The Morgan fingerprint density at radius 2 is 2.06 bits per heavy atom. The highest BCUT2D eigenvalue weighted by Gasteiger charge is 2.08. The first kappa shape index (κ1) is 11.2. The Bertz CT molecular complexity index is 595. The maximum Gasteiger partial charge on any atom is 0.150 e. The second-order valence-corrected chi connectivity index (χ2v) is 4.21. The zero-order valence-corrected chi connectivity index (χ0v) is 9.99. The first-order chi connectivity index (χ1) is 7.58. The molecule has 1 aromatic carbocycles. The topological polar surface area (TPSA) is 28.7 Å². The molecule has 0 bridgehead atoms. The number of benzene rings is 1. The van der Waals surface area contributed by atoms with Crippen molar-refractivity contribution >= 4 is 23.8 Å². The summed E-state index contributed by atoms with van der Waals surface area (Å²) in [7, 11) is 0. The Balaban J connectivity index is 2.71. The highest BCUT2D eigenvalue weighted by atomic mass is 35.5. The van der Waals surface area contributed by atoms with E-state index in [9.17, 15) is 4.39 Å². The minimum absolute atomic E-state index is 0.254. The number of H-pyrrole nitrogens is 1. The van der Waals surface area contributed by atoms with Gasteiger partial charge in [0.1, 0.15) is 15.6 Å². The van der Waals surface area contributed by atoms with Crippen LogP contribution in [0.25, 0.3) is 11.1 Å². The molecule has 0 saturated carbocycles. The molecule has 1 heterocycles. The summed E-state index contributed by atoms with van der Waals surface area (Å²) in [6.07, 6.45) is 0. The van der Waals surface area contributed by atoms with Crippen LogP contribution in [0.2, 0.25) is 5.15 Å². The molecule has 2 nitrogen and oxygen atoms in total. The molecule has 1 N–H and O–H groups in total. The Labute approximate surface area is 102 Å². The summed E-state index contributed by atoms with van der Waals surface area (Å²) >= 11 is 10.8. The third-order valence-electron chi connectivity index (χ3n) is 2.18. The van der Waals surface area contributed by atoms with Crippen molar-refractivity contribution in [2.75, 3.05) is 0 Å². The molecule has 0 unspecified atom stereocenters. The van der Waals surface area contributed by atoms with Gasteiger partial charge in [0, 0.05) is 11.1 Å². The van der Waals surface area contributed by atoms with E-state index in [0.717, 1.165) is 5.56 Å². The summed E-state index contributed by atoms with van der Waals surface area (Å²) in [5.74, 6) is -0.327. The lowest BCUT2D eigenvalue weighted by atomic mass is 10.1. The summed E-state index contributed by atoms with van der Waals surface area (Å²) in [6.45, 7) is 1.89.